The lowest BCUT2D eigenvalue weighted by Gasteiger charge is -2.26. The highest BCUT2D eigenvalue weighted by atomic mass is 32.2. The Morgan fingerprint density at radius 1 is 1.03 bits per heavy atom. The summed E-state index contributed by atoms with van der Waals surface area (Å²) >= 11 is 0. The Labute approximate surface area is 194 Å². The van der Waals surface area contributed by atoms with Crippen LogP contribution in [0, 0.1) is 0 Å². The van der Waals surface area contributed by atoms with Crippen molar-refractivity contribution >= 4 is 16.0 Å². The fourth-order valence-corrected chi connectivity index (χ4v) is 4.54. The fourth-order valence-electron chi connectivity index (χ4n) is 4.08. The third kappa shape index (κ3) is 11.3. The second-order valence-electron chi connectivity index (χ2n) is 8.92. The minimum atomic E-state index is -3.55. The van der Waals surface area contributed by atoms with E-state index in [0.29, 0.717) is 19.5 Å². The van der Waals surface area contributed by atoms with E-state index in [1.54, 1.807) is 12.1 Å². The van der Waals surface area contributed by atoms with E-state index in [2.05, 4.69) is 6.92 Å². The molecule has 0 spiro atoms. The molecule has 0 bridgehead atoms. The van der Waals surface area contributed by atoms with Gasteiger partial charge < -0.3 is 13.8 Å². The Morgan fingerprint density at radius 2 is 1.66 bits per heavy atom. The number of unbranched alkanes of at least 4 members (excludes halogenated alkanes) is 8. The fraction of sp³-hybridized carbons (Fsp3) is 0.720. The highest BCUT2D eigenvalue weighted by molar-refractivity contribution is 7.86. The Hall–Kier alpha value is -1.60. The molecule has 2 rings (SSSR count). The van der Waals surface area contributed by atoms with Gasteiger partial charge in [0.2, 0.25) is 5.91 Å². The summed E-state index contributed by atoms with van der Waals surface area (Å²) in [5.74, 6) is 0.447. The summed E-state index contributed by atoms with van der Waals surface area (Å²) in [7, 11) is -3.55. The molecule has 1 aliphatic rings. The van der Waals surface area contributed by atoms with Crippen LogP contribution in [0.15, 0.2) is 24.3 Å². The van der Waals surface area contributed by atoms with Crippen LogP contribution >= 0.6 is 0 Å². The van der Waals surface area contributed by atoms with E-state index in [1.807, 2.05) is 17.0 Å². The van der Waals surface area contributed by atoms with Crippen molar-refractivity contribution in [2.45, 2.75) is 96.6 Å². The second kappa shape index (κ2) is 14.5. The first-order valence-electron chi connectivity index (χ1n) is 12.2. The quantitative estimate of drug-likeness (QED) is 0.239. The molecule has 1 saturated heterocycles. The summed E-state index contributed by atoms with van der Waals surface area (Å²) in [6.07, 6.45) is 14.8. The molecule has 0 aromatic heterocycles. The van der Waals surface area contributed by atoms with Gasteiger partial charge in [-0.1, -0.05) is 70.4 Å². The van der Waals surface area contributed by atoms with E-state index < -0.39 is 10.1 Å². The van der Waals surface area contributed by atoms with E-state index in [9.17, 15) is 13.2 Å². The predicted octanol–water partition coefficient (Wildman–Crippen LogP) is 5.45. The first kappa shape index (κ1) is 26.7. The number of benzene rings is 1. The monoisotopic (exact) mass is 467 g/mol. The van der Waals surface area contributed by atoms with Crippen LogP contribution in [0.2, 0.25) is 0 Å². The molecule has 1 atom stereocenters. The Bertz CT molecular complexity index is 757. The molecule has 1 heterocycles. The van der Waals surface area contributed by atoms with Crippen LogP contribution in [0.3, 0.4) is 0 Å². The maximum absolute atomic E-state index is 13.0. The van der Waals surface area contributed by atoms with Gasteiger partial charge in [-0.3, -0.25) is 4.79 Å². The van der Waals surface area contributed by atoms with Gasteiger partial charge in [0.05, 0.1) is 12.4 Å². The highest BCUT2D eigenvalue weighted by Gasteiger charge is 2.22. The van der Waals surface area contributed by atoms with Gasteiger partial charge in [0.15, 0.2) is 0 Å². The number of hydrogen-bond acceptors (Lipinski definition) is 5. The summed E-state index contributed by atoms with van der Waals surface area (Å²) in [4.78, 5) is 14.9. The lowest BCUT2D eigenvalue weighted by molar-refractivity contribution is -0.133. The molecule has 182 valence electrons. The lowest BCUT2D eigenvalue weighted by Crippen LogP contribution is -2.36. The molecule has 1 aromatic carbocycles. The highest BCUT2D eigenvalue weighted by Crippen LogP contribution is 2.19. The van der Waals surface area contributed by atoms with Crippen LogP contribution in [-0.2, 0) is 26.2 Å². The molecular weight excluding hydrogens is 426 g/mol. The van der Waals surface area contributed by atoms with Crippen molar-refractivity contribution in [3.8, 4) is 5.75 Å². The number of ether oxygens (including phenoxy) is 1. The van der Waals surface area contributed by atoms with Crippen LogP contribution in [-0.4, -0.2) is 44.7 Å². The first-order valence-corrected chi connectivity index (χ1v) is 14.1. The van der Waals surface area contributed by atoms with E-state index in [-0.39, 0.29) is 17.8 Å². The Balaban J connectivity index is 1.80. The largest absolute Gasteiger partial charge is 0.383 e. The normalized spacial score (nSPS) is 16.2. The summed E-state index contributed by atoms with van der Waals surface area (Å²) in [5, 5.41) is 0. The first-order chi connectivity index (χ1) is 15.4. The van der Waals surface area contributed by atoms with Crippen LogP contribution < -0.4 is 4.18 Å². The summed E-state index contributed by atoms with van der Waals surface area (Å²) in [5.41, 5.74) is 0.948. The van der Waals surface area contributed by atoms with Crippen LogP contribution in [0.4, 0.5) is 0 Å². The van der Waals surface area contributed by atoms with Gasteiger partial charge >= 0.3 is 10.1 Å². The number of rotatable bonds is 16. The topological polar surface area (TPSA) is 72.9 Å². The smallest absolute Gasteiger partial charge is 0.306 e. The Kier molecular flexibility index (Phi) is 12.1. The van der Waals surface area contributed by atoms with Crippen molar-refractivity contribution in [3.63, 3.8) is 0 Å². The standard InChI is InChI=1S/C25H41NO5S/c1-3-4-5-6-7-8-9-10-11-14-25(27)26(21-24-13-12-19-30-24)20-22-15-17-23(18-16-22)31-32(2,28)29/h15-18,24H,3-14,19-21H2,1-2H3. The van der Waals surface area contributed by atoms with Gasteiger partial charge in [-0.05, 0) is 37.0 Å². The molecular formula is C25H41NO5S. The number of nitrogens with zero attached hydrogens (tertiary/aromatic N) is 1. The predicted molar refractivity (Wildman–Crippen MR) is 128 cm³/mol. The zero-order valence-corrected chi connectivity index (χ0v) is 20.7. The SMILES string of the molecule is CCCCCCCCCCCC(=O)N(Cc1ccc(OS(C)(=O)=O)cc1)CC1CCCO1. The van der Waals surface area contributed by atoms with Crippen LogP contribution in [0.25, 0.3) is 0 Å². The van der Waals surface area contributed by atoms with Crippen molar-refractivity contribution < 1.29 is 22.1 Å². The van der Waals surface area contributed by atoms with Crippen molar-refractivity contribution in [1.29, 1.82) is 0 Å². The molecule has 6 nitrogen and oxygen atoms in total. The minimum absolute atomic E-state index is 0.106. The van der Waals surface area contributed by atoms with Crippen molar-refractivity contribution in [2.24, 2.45) is 0 Å². The summed E-state index contributed by atoms with van der Waals surface area (Å²) in [6, 6.07) is 6.89. The Morgan fingerprint density at radius 3 is 2.22 bits per heavy atom. The molecule has 1 amide bonds. The molecule has 0 saturated carbocycles. The molecule has 7 heteroatoms. The van der Waals surface area contributed by atoms with E-state index in [1.165, 1.54) is 44.9 Å². The zero-order valence-electron chi connectivity index (χ0n) is 19.9. The van der Waals surface area contributed by atoms with E-state index in [0.717, 1.165) is 44.1 Å². The number of hydrogen-bond donors (Lipinski definition) is 0. The maximum atomic E-state index is 13.0. The zero-order chi connectivity index (χ0) is 23.2. The average molecular weight is 468 g/mol. The number of carbonyl (C=O) groups is 1. The van der Waals surface area contributed by atoms with Crippen molar-refractivity contribution in [1.82, 2.24) is 4.90 Å². The molecule has 0 N–H and O–H groups in total. The van der Waals surface area contributed by atoms with Gasteiger partial charge in [-0.2, -0.15) is 8.42 Å². The molecule has 1 aromatic rings. The third-order valence-electron chi connectivity index (χ3n) is 5.84. The van der Waals surface area contributed by atoms with Gasteiger partial charge in [-0.15, -0.1) is 0 Å². The maximum Gasteiger partial charge on any atom is 0.306 e. The lowest BCUT2D eigenvalue weighted by atomic mass is 10.1. The van der Waals surface area contributed by atoms with E-state index in [4.69, 9.17) is 8.92 Å². The van der Waals surface area contributed by atoms with Gasteiger partial charge in [-0.25, -0.2) is 0 Å². The van der Waals surface area contributed by atoms with Crippen molar-refractivity contribution in [2.75, 3.05) is 19.4 Å². The van der Waals surface area contributed by atoms with E-state index >= 15 is 0 Å². The third-order valence-corrected chi connectivity index (χ3v) is 6.33. The van der Waals surface area contributed by atoms with Gasteiger partial charge in [0.1, 0.15) is 5.75 Å². The number of amides is 1. The molecule has 1 aliphatic heterocycles. The molecule has 0 aliphatic carbocycles. The molecule has 1 fully saturated rings. The molecule has 1 unspecified atom stereocenters. The van der Waals surface area contributed by atoms with Gasteiger partial charge in [0, 0.05) is 26.1 Å². The number of carbonyl (C=O) groups excluding carboxylic acids is 1. The minimum Gasteiger partial charge on any atom is -0.383 e. The van der Waals surface area contributed by atoms with Crippen LogP contribution in [0.1, 0.15) is 89.5 Å². The summed E-state index contributed by atoms with van der Waals surface area (Å²) < 4.78 is 33.2. The molecule has 32 heavy (non-hydrogen) atoms. The molecule has 0 radical (unpaired) electrons. The van der Waals surface area contributed by atoms with Crippen LogP contribution in [0.5, 0.6) is 5.75 Å². The summed E-state index contributed by atoms with van der Waals surface area (Å²) in [6.45, 7) is 4.11. The van der Waals surface area contributed by atoms with Gasteiger partial charge in [0.25, 0.3) is 0 Å². The average Bonchev–Trinajstić information content (AvgIpc) is 3.25. The second-order valence-corrected chi connectivity index (χ2v) is 10.5. The van der Waals surface area contributed by atoms with Crippen molar-refractivity contribution in [3.05, 3.63) is 29.8 Å².